The molecule has 1 unspecified atom stereocenters. The van der Waals surface area contributed by atoms with Gasteiger partial charge in [-0.1, -0.05) is 50.2 Å². The number of fused-ring (bicyclic) bond motifs is 3. The summed E-state index contributed by atoms with van der Waals surface area (Å²) in [5.41, 5.74) is 1.37. The van der Waals surface area contributed by atoms with Crippen LogP contribution in [0.3, 0.4) is 0 Å². The number of hydrogen-bond donors (Lipinski definition) is 1. The molecule has 2 fully saturated rings. The van der Waals surface area contributed by atoms with Crippen LogP contribution in [0.5, 0.6) is 5.75 Å². The molecule has 158 valence electrons. The van der Waals surface area contributed by atoms with E-state index < -0.39 is 6.09 Å². The molecule has 0 radical (unpaired) electrons. The topological polar surface area (TPSA) is 56.8 Å². The smallest absolute Gasteiger partial charge is 0.411 e. The largest absolute Gasteiger partial charge is 0.487 e. The summed E-state index contributed by atoms with van der Waals surface area (Å²) >= 11 is 0. The summed E-state index contributed by atoms with van der Waals surface area (Å²) in [4.78, 5) is 12.4. The summed E-state index contributed by atoms with van der Waals surface area (Å²) < 4.78 is 18.8. The number of benzene rings is 2. The summed E-state index contributed by atoms with van der Waals surface area (Å²) in [5.74, 6) is 1.75. The van der Waals surface area contributed by atoms with Crippen molar-refractivity contribution in [1.82, 2.24) is 0 Å². The van der Waals surface area contributed by atoms with Crippen molar-refractivity contribution in [3.8, 4) is 5.75 Å². The molecule has 1 aliphatic carbocycles. The van der Waals surface area contributed by atoms with E-state index in [0.717, 1.165) is 23.4 Å². The Kier molecular flexibility index (Phi) is 4.55. The van der Waals surface area contributed by atoms with E-state index in [4.69, 9.17) is 14.2 Å². The second-order valence-corrected chi connectivity index (χ2v) is 9.40. The Morgan fingerprint density at radius 3 is 2.67 bits per heavy atom. The summed E-state index contributed by atoms with van der Waals surface area (Å²) in [6, 6.07) is 17.6. The Morgan fingerprint density at radius 1 is 1.13 bits per heavy atom. The van der Waals surface area contributed by atoms with Crippen molar-refractivity contribution >= 4 is 11.8 Å². The molecule has 0 spiro atoms. The van der Waals surface area contributed by atoms with Crippen molar-refractivity contribution in [2.45, 2.75) is 38.9 Å². The lowest BCUT2D eigenvalue weighted by Crippen LogP contribution is -2.66. The van der Waals surface area contributed by atoms with Crippen LogP contribution >= 0.6 is 0 Å². The molecular formula is C25H29NO4. The highest BCUT2D eigenvalue weighted by atomic mass is 16.6. The van der Waals surface area contributed by atoms with Crippen LogP contribution in [0.25, 0.3) is 0 Å². The first-order valence-corrected chi connectivity index (χ1v) is 10.8. The molecule has 1 amide bonds. The van der Waals surface area contributed by atoms with Gasteiger partial charge in [-0.15, -0.1) is 0 Å². The molecule has 5 nitrogen and oxygen atoms in total. The van der Waals surface area contributed by atoms with Crippen molar-refractivity contribution in [2.24, 2.45) is 23.2 Å². The Morgan fingerprint density at radius 2 is 1.87 bits per heavy atom. The molecule has 30 heavy (non-hydrogen) atoms. The molecule has 6 atom stereocenters. The van der Waals surface area contributed by atoms with Gasteiger partial charge in [0.25, 0.3) is 0 Å². The molecule has 3 aliphatic rings. The lowest BCUT2D eigenvalue weighted by atomic mass is 9.50. The van der Waals surface area contributed by atoms with Crippen molar-refractivity contribution in [2.75, 3.05) is 18.5 Å². The first-order chi connectivity index (χ1) is 14.4. The molecule has 5 heteroatoms. The molecule has 5 rings (SSSR count). The summed E-state index contributed by atoms with van der Waals surface area (Å²) in [6.07, 6.45) is 0.518. The summed E-state index contributed by atoms with van der Waals surface area (Å²) in [5, 5.41) is 2.82. The van der Waals surface area contributed by atoms with E-state index in [1.54, 1.807) is 0 Å². The zero-order valence-electron chi connectivity index (χ0n) is 17.8. The van der Waals surface area contributed by atoms with E-state index in [1.165, 1.54) is 0 Å². The van der Waals surface area contributed by atoms with E-state index in [0.29, 0.717) is 25.0 Å². The minimum Gasteiger partial charge on any atom is -0.487 e. The number of ether oxygens (including phenoxy) is 3. The van der Waals surface area contributed by atoms with Gasteiger partial charge >= 0.3 is 6.09 Å². The van der Waals surface area contributed by atoms with Crippen LogP contribution in [0.1, 0.15) is 38.9 Å². The number of amides is 1. The molecule has 2 bridgehead atoms. The molecular weight excluding hydrogens is 378 g/mol. The minimum absolute atomic E-state index is 0.0220. The molecule has 2 aromatic carbocycles. The fourth-order valence-electron chi connectivity index (χ4n) is 6.13. The van der Waals surface area contributed by atoms with Gasteiger partial charge in [-0.2, -0.15) is 0 Å². The van der Waals surface area contributed by atoms with Crippen LogP contribution < -0.4 is 10.1 Å². The third kappa shape index (κ3) is 2.90. The second kappa shape index (κ2) is 7.02. The van der Waals surface area contributed by atoms with E-state index in [2.05, 4.69) is 32.2 Å². The highest BCUT2D eigenvalue weighted by molar-refractivity contribution is 5.84. The fourth-order valence-corrected chi connectivity index (χ4v) is 6.13. The van der Waals surface area contributed by atoms with Crippen LogP contribution in [0.4, 0.5) is 10.5 Å². The van der Waals surface area contributed by atoms with Gasteiger partial charge < -0.3 is 14.2 Å². The Labute approximate surface area is 177 Å². The Balaban J connectivity index is 1.38. The highest BCUT2D eigenvalue weighted by Crippen LogP contribution is 2.63. The van der Waals surface area contributed by atoms with Crippen molar-refractivity contribution < 1.29 is 19.0 Å². The van der Waals surface area contributed by atoms with E-state index in [1.807, 2.05) is 48.5 Å². The maximum absolute atomic E-state index is 12.4. The van der Waals surface area contributed by atoms with Crippen LogP contribution in [0.15, 0.2) is 54.6 Å². The summed E-state index contributed by atoms with van der Waals surface area (Å²) in [7, 11) is 0. The van der Waals surface area contributed by atoms with Gasteiger partial charge in [0, 0.05) is 22.6 Å². The summed E-state index contributed by atoms with van der Waals surface area (Å²) in [6.45, 7) is 7.66. The van der Waals surface area contributed by atoms with Gasteiger partial charge in [-0.05, 0) is 43.4 Å². The van der Waals surface area contributed by atoms with Gasteiger partial charge in [0.2, 0.25) is 0 Å². The molecule has 1 saturated heterocycles. The SMILES string of the molecule is C[C@@H]1[C@@H]2[C@@H]3OCC1(COC(=O)Nc1ccccc1)[C@@H](C)C[C@@]2(C)Oc1ccccc13. The first kappa shape index (κ1) is 19.4. The number of nitrogens with one attached hydrogen (secondary N) is 1. The molecule has 1 N–H and O–H groups in total. The molecule has 1 saturated carbocycles. The van der Waals surface area contributed by atoms with Crippen molar-refractivity contribution in [3.05, 3.63) is 60.2 Å². The number of carbonyl (C=O) groups excluding carboxylic acids is 1. The molecule has 2 heterocycles. The van der Waals surface area contributed by atoms with Crippen molar-refractivity contribution in [3.63, 3.8) is 0 Å². The average molecular weight is 408 g/mol. The Hall–Kier alpha value is -2.53. The quantitative estimate of drug-likeness (QED) is 0.736. The lowest BCUT2D eigenvalue weighted by Gasteiger charge is -2.63. The van der Waals surface area contributed by atoms with E-state index in [9.17, 15) is 4.79 Å². The van der Waals surface area contributed by atoms with Crippen LogP contribution in [-0.4, -0.2) is 24.9 Å². The van der Waals surface area contributed by atoms with Gasteiger partial charge in [0.1, 0.15) is 18.0 Å². The first-order valence-electron chi connectivity index (χ1n) is 10.8. The van der Waals surface area contributed by atoms with E-state index >= 15 is 0 Å². The van der Waals surface area contributed by atoms with Crippen LogP contribution in [0, 0.1) is 23.2 Å². The lowest BCUT2D eigenvalue weighted by molar-refractivity contribution is -0.259. The van der Waals surface area contributed by atoms with Gasteiger partial charge in [0.15, 0.2) is 0 Å². The van der Waals surface area contributed by atoms with Crippen LogP contribution in [0.2, 0.25) is 0 Å². The van der Waals surface area contributed by atoms with Gasteiger partial charge in [0.05, 0.1) is 12.7 Å². The fraction of sp³-hybridized carbons (Fsp3) is 0.480. The molecule has 0 aromatic heterocycles. The third-order valence-corrected chi connectivity index (χ3v) is 7.76. The minimum atomic E-state index is -0.421. The van der Waals surface area contributed by atoms with Gasteiger partial charge in [-0.3, -0.25) is 5.32 Å². The maximum atomic E-state index is 12.4. The number of rotatable bonds is 3. The molecule has 2 aromatic rings. The van der Waals surface area contributed by atoms with Gasteiger partial charge in [-0.25, -0.2) is 4.79 Å². The number of para-hydroxylation sites is 2. The Bertz CT molecular complexity index is 947. The average Bonchev–Trinajstić information content (AvgIpc) is 2.73. The van der Waals surface area contributed by atoms with Crippen molar-refractivity contribution in [1.29, 1.82) is 0 Å². The number of anilines is 1. The standard InChI is InChI=1S/C25H29NO4/c1-16-13-24(3)21-17(2)25(16,15-29-23(27)26-18-9-5-4-6-10-18)14-28-22(21)19-11-7-8-12-20(19)30-24/h4-12,16-17,21-22H,13-15H2,1-3H3,(H,26,27)/t16-,17+,21+,22+,24+,25?/m0/s1. The normalized spacial score (nSPS) is 36.2. The number of carbonyl (C=O) groups is 1. The number of hydrogen-bond acceptors (Lipinski definition) is 4. The zero-order valence-corrected chi connectivity index (χ0v) is 17.8. The highest BCUT2D eigenvalue weighted by Gasteiger charge is 2.64. The van der Waals surface area contributed by atoms with E-state index in [-0.39, 0.29) is 23.0 Å². The predicted molar refractivity (Wildman–Crippen MR) is 114 cm³/mol. The zero-order chi connectivity index (χ0) is 20.9. The second-order valence-electron chi connectivity index (χ2n) is 9.40. The predicted octanol–water partition coefficient (Wildman–Crippen LogP) is 5.44. The monoisotopic (exact) mass is 407 g/mol. The maximum Gasteiger partial charge on any atom is 0.411 e. The van der Waals surface area contributed by atoms with Crippen LogP contribution in [-0.2, 0) is 9.47 Å². The molecule has 2 aliphatic heterocycles. The third-order valence-electron chi connectivity index (χ3n) is 7.76.